The number of hydrogen-bond acceptors (Lipinski definition) is 3. The highest BCUT2D eigenvalue weighted by Crippen LogP contribution is 2.49. The second kappa shape index (κ2) is 14.1. The molecule has 2 heterocycles. The van der Waals surface area contributed by atoms with Crippen molar-refractivity contribution >= 4 is 80.1 Å². The molecule has 0 aliphatic heterocycles. The molecule has 0 N–H and O–H groups in total. The van der Waals surface area contributed by atoms with Gasteiger partial charge in [-0.3, -0.25) is 0 Å². The van der Waals surface area contributed by atoms with Crippen molar-refractivity contribution in [2.24, 2.45) is 0 Å². The Balaban J connectivity index is 1.07. The van der Waals surface area contributed by atoms with Crippen molar-refractivity contribution in [1.29, 1.82) is 0 Å². The molecule has 11 aromatic rings. The SMILES string of the molecule is c1ccc(-c2cccc(-c3ccc(N(c4ccc(-c5cccc6sc7ccccc7c56)cc4)c4ccc(-c5ccccc5)c5c4sc4ccccc45)cc3)c2)cc1. The van der Waals surface area contributed by atoms with Crippen LogP contribution in [0.2, 0.25) is 0 Å². The summed E-state index contributed by atoms with van der Waals surface area (Å²) in [5, 5.41) is 5.24. The van der Waals surface area contributed by atoms with Gasteiger partial charge in [-0.1, -0.05) is 158 Å². The minimum atomic E-state index is 1.11. The Morgan fingerprint density at radius 2 is 0.772 bits per heavy atom. The number of thiophene rings is 2. The fourth-order valence-corrected chi connectivity index (χ4v) is 10.8. The molecule has 0 radical (unpaired) electrons. The van der Waals surface area contributed by atoms with E-state index in [0.717, 1.165) is 11.4 Å². The Labute approximate surface area is 340 Å². The van der Waals surface area contributed by atoms with E-state index in [4.69, 9.17) is 0 Å². The van der Waals surface area contributed by atoms with Gasteiger partial charge in [0.25, 0.3) is 0 Å². The topological polar surface area (TPSA) is 3.24 Å². The first-order chi connectivity index (χ1) is 28.3. The number of anilines is 3. The van der Waals surface area contributed by atoms with Gasteiger partial charge in [-0.25, -0.2) is 0 Å². The molecule has 0 aliphatic carbocycles. The van der Waals surface area contributed by atoms with Gasteiger partial charge in [0.15, 0.2) is 0 Å². The lowest BCUT2D eigenvalue weighted by atomic mass is 9.97. The van der Waals surface area contributed by atoms with Gasteiger partial charge < -0.3 is 4.90 Å². The molecule has 0 amide bonds. The molecule has 3 heteroatoms. The monoisotopic (exact) mass is 761 g/mol. The van der Waals surface area contributed by atoms with Crippen LogP contribution in [-0.4, -0.2) is 0 Å². The van der Waals surface area contributed by atoms with Gasteiger partial charge in [-0.15, -0.1) is 22.7 Å². The number of nitrogens with zero attached hydrogens (tertiary/aromatic N) is 1. The summed E-state index contributed by atoms with van der Waals surface area (Å²) in [5.41, 5.74) is 13.2. The fraction of sp³-hybridized carbons (Fsp3) is 0. The molecule has 0 atom stereocenters. The van der Waals surface area contributed by atoms with Crippen LogP contribution in [0.15, 0.2) is 212 Å². The molecule has 2 aromatic heterocycles. The van der Waals surface area contributed by atoms with Crippen LogP contribution < -0.4 is 4.90 Å². The van der Waals surface area contributed by atoms with Gasteiger partial charge >= 0.3 is 0 Å². The summed E-state index contributed by atoms with van der Waals surface area (Å²) < 4.78 is 5.21. The van der Waals surface area contributed by atoms with E-state index >= 15 is 0 Å². The molecule has 57 heavy (non-hydrogen) atoms. The maximum atomic E-state index is 2.45. The predicted octanol–water partition coefficient (Wildman–Crippen LogP) is 16.6. The fourth-order valence-electron chi connectivity index (χ4n) is 8.39. The Morgan fingerprint density at radius 1 is 0.298 bits per heavy atom. The van der Waals surface area contributed by atoms with Crippen molar-refractivity contribution < 1.29 is 0 Å². The van der Waals surface area contributed by atoms with Crippen molar-refractivity contribution in [2.75, 3.05) is 4.90 Å². The molecule has 0 saturated heterocycles. The first-order valence-corrected chi connectivity index (χ1v) is 21.0. The summed E-state index contributed by atoms with van der Waals surface area (Å²) in [6.45, 7) is 0. The van der Waals surface area contributed by atoms with Gasteiger partial charge in [0.2, 0.25) is 0 Å². The van der Waals surface area contributed by atoms with Crippen LogP contribution in [0, 0.1) is 0 Å². The molecule has 9 aromatic carbocycles. The third-order valence-corrected chi connectivity index (χ3v) is 13.4. The van der Waals surface area contributed by atoms with Crippen molar-refractivity contribution in [3.63, 3.8) is 0 Å². The van der Waals surface area contributed by atoms with Crippen molar-refractivity contribution in [3.05, 3.63) is 212 Å². The summed E-state index contributed by atoms with van der Waals surface area (Å²) in [5.74, 6) is 0. The average Bonchev–Trinajstić information content (AvgIpc) is 3.87. The van der Waals surface area contributed by atoms with Crippen LogP contribution in [0.1, 0.15) is 0 Å². The van der Waals surface area contributed by atoms with E-state index in [1.807, 2.05) is 22.7 Å². The van der Waals surface area contributed by atoms with Gasteiger partial charge in [0.1, 0.15) is 0 Å². The van der Waals surface area contributed by atoms with E-state index < -0.39 is 0 Å². The first kappa shape index (κ1) is 33.5. The summed E-state index contributed by atoms with van der Waals surface area (Å²) >= 11 is 3.74. The van der Waals surface area contributed by atoms with E-state index in [1.54, 1.807) is 0 Å². The van der Waals surface area contributed by atoms with E-state index in [9.17, 15) is 0 Å². The Hall–Kier alpha value is -6.78. The predicted molar refractivity (Wildman–Crippen MR) is 249 cm³/mol. The molecule has 0 aliphatic rings. The van der Waals surface area contributed by atoms with Gasteiger partial charge in [-0.05, 0) is 99.1 Å². The summed E-state index contributed by atoms with van der Waals surface area (Å²) in [4.78, 5) is 2.45. The summed E-state index contributed by atoms with van der Waals surface area (Å²) in [7, 11) is 0. The average molecular weight is 762 g/mol. The normalized spacial score (nSPS) is 11.5. The number of rotatable bonds is 7. The van der Waals surface area contributed by atoms with E-state index in [1.165, 1.54) is 90.5 Å². The number of hydrogen-bond donors (Lipinski definition) is 0. The van der Waals surface area contributed by atoms with Crippen LogP contribution in [0.5, 0.6) is 0 Å². The van der Waals surface area contributed by atoms with E-state index in [2.05, 4.69) is 217 Å². The van der Waals surface area contributed by atoms with Crippen molar-refractivity contribution in [3.8, 4) is 44.5 Å². The third-order valence-electron chi connectivity index (χ3n) is 11.1. The molecular weight excluding hydrogens is 727 g/mol. The molecule has 11 rings (SSSR count). The van der Waals surface area contributed by atoms with E-state index in [0.29, 0.717) is 0 Å². The Morgan fingerprint density at radius 3 is 1.46 bits per heavy atom. The molecule has 268 valence electrons. The van der Waals surface area contributed by atoms with Gasteiger partial charge in [0.05, 0.1) is 10.4 Å². The lowest BCUT2D eigenvalue weighted by molar-refractivity contribution is 1.30. The maximum Gasteiger partial charge on any atom is 0.0640 e. The zero-order chi connectivity index (χ0) is 37.7. The third kappa shape index (κ3) is 5.91. The second-order valence-corrected chi connectivity index (χ2v) is 16.6. The summed E-state index contributed by atoms with van der Waals surface area (Å²) in [6.07, 6.45) is 0. The molecule has 0 spiro atoms. The minimum absolute atomic E-state index is 1.11. The highest BCUT2D eigenvalue weighted by molar-refractivity contribution is 7.26. The Kier molecular flexibility index (Phi) is 8.28. The maximum absolute atomic E-state index is 2.45. The molecule has 0 fully saturated rings. The second-order valence-electron chi connectivity index (χ2n) is 14.5. The molecular formula is C54H35NS2. The summed E-state index contributed by atoms with van der Waals surface area (Å²) in [6, 6.07) is 77.5. The van der Waals surface area contributed by atoms with Gasteiger partial charge in [0, 0.05) is 47.0 Å². The van der Waals surface area contributed by atoms with Crippen LogP contribution in [0.4, 0.5) is 17.1 Å². The van der Waals surface area contributed by atoms with Crippen LogP contribution in [0.3, 0.4) is 0 Å². The Bertz CT molecular complexity index is 3210. The zero-order valence-corrected chi connectivity index (χ0v) is 32.6. The van der Waals surface area contributed by atoms with Crippen LogP contribution in [-0.2, 0) is 0 Å². The quantitative estimate of drug-likeness (QED) is 0.156. The lowest BCUT2D eigenvalue weighted by Crippen LogP contribution is -2.10. The molecule has 1 nitrogen and oxygen atoms in total. The highest BCUT2D eigenvalue weighted by Gasteiger charge is 2.21. The largest absolute Gasteiger partial charge is 0.309 e. The number of fused-ring (bicyclic) bond motifs is 6. The number of benzene rings is 9. The molecule has 0 saturated carbocycles. The van der Waals surface area contributed by atoms with Gasteiger partial charge in [-0.2, -0.15) is 0 Å². The first-order valence-electron chi connectivity index (χ1n) is 19.3. The highest BCUT2D eigenvalue weighted by atomic mass is 32.1. The van der Waals surface area contributed by atoms with E-state index in [-0.39, 0.29) is 0 Å². The van der Waals surface area contributed by atoms with Crippen LogP contribution in [0.25, 0.3) is 84.9 Å². The standard InChI is InChI=1S/C54H35NS2/c1-3-13-36(14-4-1)40-17-11-18-41(35-40)37-25-29-42(30-26-37)55(43-31-27-39(28-32-43)44-21-12-24-51-52(44)46-19-7-9-22-49(46)56-51)48-34-33-45(38-15-5-2-6-16-38)53-47-20-8-10-23-50(47)57-54(48)53/h1-35H. The smallest absolute Gasteiger partial charge is 0.0640 e. The molecule has 0 unspecified atom stereocenters. The van der Waals surface area contributed by atoms with Crippen LogP contribution >= 0.6 is 22.7 Å². The minimum Gasteiger partial charge on any atom is -0.309 e. The zero-order valence-electron chi connectivity index (χ0n) is 31.0. The molecule has 0 bridgehead atoms. The van der Waals surface area contributed by atoms with Crippen molar-refractivity contribution in [1.82, 2.24) is 0 Å². The lowest BCUT2D eigenvalue weighted by Gasteiger charge is -2.27. The van der Waals surface area contributed by atoms with Crippen molar-refractivity contribution in [2.45, 2.75) is 0 Å².